The van der Waals surface area contributed by atoms with E-state index >= 15 is 0 Å². The van der Waals surface area contributed by atoms with E-state index in [0.717, 1.165) is 0 Å². The molecule has 7 heteroatoms. The monoisotopic (exact) mass is 267 g/mol. The van der Waals surface area contributed by atoms with Gasteiger partial charge in [0.25, 0.3) is 0 Å². The van der Waals surface area contributed by atoms with Crippen LogP contribution >= 0.6 is 0 Å². The van der Waals surface area contributed by atoms with Gasteiger partial charge in [-0.25, -0.2) is 0 Å². The van der Waals surface area contributed by atoms with Crippen LogP contribution in [0.3, 0.4) is 0 Å². The molecule has 0 atom stereocenters. The molecule has 2 heterocycles. The quantitative estimate of drug-likeness (QED) is 0.657. The predicted octanol–water partition coefficient (Wildman–Crippen LogP) is 1.35. The zero-order chi connectivity index (χ0) is 14.0. The molecule has 0 unspecified atom stereocenters. The van der Waals surface area contributed by atoms with Gasteiger partial charge in [-0.15, -0.1) is 0 Å². The lowest BCUT2D eigenvalue weighted by Gasteiger charge is -2.36. The highest BCUT2D eigenvalue weighted by molar-refractivity contribution is 5.59. The lowest BCUT2D eigenvalue weighted by atomic mass is 9.94. The van der Waals surface area contributed by atoms with Crippen molar-refractivity contribution in [3.05, 3.63) is 22.2 Å². The van der Waals surface area contributed by atoms with Gasteiger partial charge in [0.1, 0.15) is 0 Å². The minimum atomic E-state index is -0.704. The average Bonchev–Trinajstić information content (AvgIpc) is 2.38. The smallest absolute Gasteiger partial charge is 0.311 e. The third kappa shape index (κ3) is 2.93. The van der Waals surface area contributed by atoms with Crippen LogP contribution in [-0.4, -0.2) is 40.8 Å². The van der Waals surface area contributed by atoms with E-state index in [2.05, 4.69) is 4.98 Å². The Labute approximate surface area is 111 Å². The van der Waals surface area contributed by atoms with Crippen molar-refractivity contribution >= 4 is 11.5 Å². The lowest BCUT2D eigenvalue weighted by Crippen LogP contribution is -2.43. The van der Waals surface area contributed by atoms with E-state index in [1.807, 2.05) is 4.90 Å². The largest absolute Gasteiger partial charge is 0.481 e. The Kier molecular flexibility index (Phi) is 3.57. The normalized spacial score (nSPS) is 18.2. The van der Waals surface area contributed by atoms with Crippen molar-refractivity contribution in [2.24, 2.45) is 0 Å². The van der Waals surface area contributed by atoms with Gasteiger partial charge >= 0.3 is 5.69 Å². The first kappa shape index (κ1) is 13.5. The molecule has 0 amide bonds. The lowest BCUT2D eigenvalue weighted by molar-refractivity contribution is -0.384. The zero-order valence-electron chi connectivity index (χ0n) is 11.0. The maximum atomic E-state index is 11.0. The maximum absolute atomic E-state index is 11.0. The van der Waals surface area contributed by atoms with Crippen LogP contribution in [0, 0.1) is 10.1 Å². The topological polar surface area (TPSA) is 88.7 Å². The molecule has 1 N–H and O–H groups in total. The van der Waals surface area contributed by atoms with Crippen molar-refractivity contribution in [2.75, 3.05) is 25.1 Å². The van der Waals surface area contributed by atoms with Crippen molar-refractivity contribution in [1.29, 1.82) is 0 Å². The van der Waals surface area contributed by atoms with E-state index in [9.17, 15) is 15.2 Å². The highest BCUT2D eigenvalue weighted by atomic mass is 16.6. The number of hydrogen-bond acceptors (Lipinski definition) is 6. The van der Waals surface area contributed by atoms with E-state index in [-0.39, 0.29) is 5.69 Å². The molecular formula is C12H17N3O4. The first-order valence-electron chi connectivity index (χ1n) is 6.10. The standard InChI is InChI=1S/C12H17N3O4/c1-12(16)5-7-14(8-6-12)11-9(15(17)18)3-4-10(13-11)19-2/h3-4,16H,5-8H2,1-2H3. The highest BCUT2D eigenvalue weighted by Gasteiger charge is 2.31. The third-order valence-corrected chi connectivity index (χ3v) is 3.37. The Hall–Kier alpha value is -1.89. The summed E-state index contributed by atoms with van der Waals surface area (Å²) in [6, 6.07) is 2.87. The van der Waals surface area contributed by atoms with Crippen LogP contribution in [-0.2, 0) is 0 Å². The van der Waals surface area contributed by atoms with Gasteiger partial charge in [0.2, 0.25) is 11.7 Å². The highest BCUT2D eigenvalue weighted by Crippen LogP contribution is 2.32. The summed E-state index contributed by atoms with van der Waals surface area (Å²) in [5.74, 6) is 0.651. The summed E-state index contributed by atoms with van der Waals surface area (Å²) >= 11 is 0. The van der Waals surface area contributed by atoms with Gasteiger partial charge in [0, 0.05) is 25.2 Å². The maximum Gasteiger partial charge on any atom is 0.311 e. The molecule has 1 fully saturated rings. The van der Waals surface area contributed by atoms with Gasteiger partial charge < -0.3 is 14.7 Å². The molecule has 1 aliphatic heterocycles. The number of nitrogens with zero attached hydrogens (tertiary/aromatic N) is 3. The number of aliphatic hydroxyl groups is 1. The number of nitro groups is 1. The van der Waals surface area contributed by atoms with E-state index in [4.69, 9.17) is 4.74 Å². The minimum Gasteiger partial charge on any atom is -0.481 e. The number of rotatable bonds is 3. The molecule has 0 aliphatic carbocycles. The molecule has 0 aromatic carbocycles. The molecule has 2 rings (SSSR count). The Balaban J connectivity index is 2.30. The minimum absolute atomic E-state index is 0.0395. The second-order valence-electron chi connectivity index (χ2n) is 4.94. The fourth-order valence-electron chi connectivity index (χ4n) is 2.11. The summed E-state index contributed by atoms with van der Waals surface area (Å²) in [5, 5.41) is 21.0. The number of hydrogen-bond donors (Lipinski definition) is 1. The van der Waals surface area contributed by atoms with E-state index < -0.39 is 10.5 Å². The summed E-state index contributed by atoms with van der Waals surface area (Å²) < 4.78 is 5.01. The Morgan fingerprint density at radius 3 is 2.63 bits per heavy atom. The van der Waals surface area contributed by atoms with Gasteiger partial charge in [-0.1, -0.05) is 0 Å². The fraction of sp³-hybridized carbons (Fsp3) is 0.583. The van der Waals surface area contributed by atoms with Gasteiger partial charge in [0.05, 0.1) is 17.6 Å². The summed E-state index contributed by atoms with van der Waals surface area (Å²) in [4.78, 5) is 16.6. The van der Waals surface area contributed by atoms with Gasteiger partial charge in [-0.2, -0.15) is 4.98 Å². The van der Waals surface area contributed by atoms with Gasteiger partial charge in [0.15, 0.2) is 0 Å². The fourth-order valence-corrected chi connectivity index (χ4v) is 2.11. The third-order valence-electron chi connectivity index (χ3n) is 3.37. The van der Waals surface area contributed by atoms with E-state index in [1.165, 1.54) is 19.2 Å². The zero-order valence-corrected chi connectivity index (χ0v) is 11.0. The van der Waals surface area contributed by atoms with Crippen LogP contribution in [0.5, 0.6) is 5.88 Å². The summed E-state index contributed by atoms with van der Waals surface area (Å²) in [7, 11) is 1.47. The summed E-state index contributed by atoms with van der Waals surface area (Å²) in [6.07, 6.45) is 1.12. The number of anilines is 1. The van der Waals surface area contributed by atoms with E-state index in [1.54, 1.807) is 6.92 Å². The predicted molar refractivity (Wildman–Crippen MR) is 69.5 cm³/mol. The Bertz CT molecular complexity index is 480. The van der Waals surface area contributed by atoms with Crippen LogP contribution in [0.2, 0.25) is 0 Å². The molecule has 0 radical (unpaired) electrons. The van der Waals surface area contributed by atoms with Crippen LogP contribution in [0.15, 0.2) is 12.1 Å². The molecule has 1 aromatic heterocycles. The van der Waals surface area contributed by atoms with Crippen molar-refractivity contribution in [3.63, 3.8) is 0 Å². The van der Waals surface area contributed by atoms with Crippen LogP contribution < -0.4 is 9.64 Å². The second-order valence-corrected chi connectivity index (χ2v) is 4.94. The van der Waals surface area contributed by atoms with Crippen molar-refractivity contribution in [3.8, 4) is 5.88 Å². The number of aromatic nitrogens is 1. The number of ether oxygens (including phenoxy) is 1. The molecule has 0 spiro atoms. The molecule has 1 aromatic rings. The molecule has 1 aliphatic rings. The number of pyridine rings is 1. The molecule has 104 valence electrons. The first-order chi connectivity index (χ1) is 8.93. The second kappa shape index (κ2) is 5.00. The van der Waals surface area contributed by atoms with Crippen LogP contribution in [0.1, 0.15) is 19.8 Å². The Morgan fingerprint density at radius 1 is 1.47 bits per heavy atom. The number of piperidine rings is 1. The molecule has 7 nitrogen and oxygen atoms in total. The Morgan fingerprint density at radius 2 is 2.11 bits per heavy atom. The molecule has 0 saturated carbocycles. The SMILES string of the molecule is COc1ccc([N+](=O)[O-])c(N2CCC(C)(O)CC2)n1. The summed E-state index contributed by atoms with van der Waals surface area (Å²) in [5.41, 5.74) is -0.744. The number of methoxy groups -OCH3 is 1. The van der Waals surface area contributed by atoms with Crippen molar-refractivity contribution < 1.29 is 14.8 Å². The first-order valence-corrected chi connectivity index (χ1v) is 6.10. The van der Waals surface area contributed by atoms with Gasteiger partial charge in [-0.05, 0) is 19.8 Å². The molecule has 1 saturated heterocycles. The van der Waals surface area contributed by atoms with Crippen LogP contribution in [0.25, 0.3) is 0 Å². The van der Waals surface area contributed by atoms with Crippen molar-refractivity contribution in [1.82, 2.24) is 4.98 Å². The van der Waals surface area contributed by atoms with Gasteiger partial charge in [-0.3, -0.25) is 10.1 Å². The summed E-state index contributed by atoms with van der Waals surface area (Å²) in [6.45, 7) is 2.85. The van der Waals surface area contributed by atoms with Crippen LogP contribution in [0.4, 0.5) is 11.5 Å². The molecule has 0 bridgehead atoms. The van der Waals surface area contributed by atoms with Crippen molar-refractivity contribution in [2.45, 2.75) is 25.4 Å². The van der Waals surface area contributed by atoms with E-state index in [0.29, 0.717) is 37.6 Å². The molecular weight excluding hydrogens is 250 g/mol. The molecule has 19 heavy (non-hydrogen) atoms. The average molecular weight is 267 g/mol.